The average Bonchev–Trinajstić information content (AvgIpc) is 3.19. The molecule has 6 nitrogen and oxygen atoms in total. The fraction of sp³-hybridized carbons (Fsp3) is 0.273. The molecule has 1 amide bonds. The Balaban J connectivity index is 1.71. The molecule has 1 atom stereocenters. The van der Waals surface area contributed by atoms with Gasteiger partial charge >= 0.3 is 0 Å². The molecule has 1 aromatic heterocycles. The minimum Gasteiger partial charge on any atom is -0.493 e. The van der Waals surface area contributed by atoms with Crippen molar-refractivity contribution in [2.75, 3.05) is 7.11 Å². The molecular weight excluding hydrogens is 354 g/mol. The number of carbonyl (C=O) groups excluding carboxylic acids is 1. The van der Waals surface area contributed by atoms with Crippen LogP contribution in [0.1, 0.15) is 43.0 Å². The van der Waals surface area contributed by atoms with Crippen molar-refractivity contribution in [3.05, 3.63) is 66.1 Å². The number of H-pyrrole nitrogens is 1. The fourth-order valence-electron chi connectivity index (χ4n) is 2.83. The zero-order valence-electron chi connectivity index (χ0n) is 16.5. The summed E-state index contributed by atoms with van der Waals surface area (Å²) in [7, 11) is 1.56. The van der Waals surface area contributed by atoms with E-state index in [1.807, 2.05) is 51.1 Å². The largest absolute Gasteiger partial charge is 0.493 e. The maximum atomic E-state index is 12.7. The molecule has 0 aliphatic rings. The summed E-state index contributed by atoms with van der Waals surface area (Å²) in [5, 5.41) is 2.96. The number of benzene rings is 2. The first kappa shape index (κ1) is 19.5. The van der Waals surface area contributed by atoms with Crippen LogP contribution in [0.15, 0.2) is 54.7 Å². The maximum Gasteiger partial charge on any atom is 0.251 e. The summed E-state index contributed by atoms with van der Waals surface area (Å²) >= 11 is 0. The van der Waals surface area contributed by atoms with Crippen LogP contribution >= 0.6 is 0 Å². The highest BCUT2D eigenvalue weighted by molar-refractivity contribution is 5.95. The summed E-state index contributed by atoms with van der Waals surface area (Å²) in [5.41, 5.74) is 2.45. The zero-order valence-corrected chi connectivity index (χ0v) is 16.5. The van der Waals surface area contributed by atoms with Crippen LogP contribution in [-0.4, -0.2) is 29.1 Å². The smallest absolute Gasteiger partial charge is 0.251 e. The molecule has 146 valence electrons. The molecule has 6 heteroatoms. The van der Waals surface area contributed by atoms with E-state index in [1.54, 1.807) is 31.5 Å². The molecular formula is C22H25N3O3. The van der Waals surface area contributed by atoms with Crippen LogP contribution < -0.4 is 14.8 Å². The van der Waals surface area contributed by atoms with Crippen molar-refractivity contribution in [1.82, 2.24) is 15.3 Å². The van der Waals surface area contributed by atoms with Gasteiger partial charge in [0.15, 0.2) is 11.5 Å². The highest BCUT2D eigenvalue weighted by atomic mass is 16.5. The quantitative estimate of drug-likeness (QED) is 0.639. The Morgan fingerprint density at radius 2 is 1.82 bits per heavy atom. The first-order valence-corrected chi connectivity index (χ1v) is 9.23. The molecule has 2 N–H and O–H groups in total. The van der Waals surface area contributed by atoms with Crippen LogP contribution in [0.3, 0.4) is 0 Å². The van der Waals surface area contributed by atoms with E-state index < -0.39 is 0 Å². The SMILES string of the molecule is COc1cc(C(=O)N[C@@H](C)c2ncc(-c3ccccc3)[nH]2)ccc1OC(C)C. The van der Waals surface area contributed by atoms with E-state index in [2.05, 4.69) is 15.3 Å². The Labute approximate surface area is 164 Å². The zero-order chi connectivity index (χ0) is 20.1. The summed E-state index contributed by atoms with van der Waals surface area (Å²) in [6, 6.07) is 14.8. The minimum atomic E-state index is -0.275. The van der Waals surface area contributed by atoms with Gasteiger partial charge in [-0.25, -0.2) is 4.98 Å². The van der Waals surface area contributed by atoms with Crippen LogP contribution in [0.5, 0.6) is 11.5 Å². The monoisotopic (exact) mass is 379 g/mol. The van der Waals surface area contributed by atoms with Crippen molar-refractivity contribution in [3.8, 4) is 22.8 Å². The van der Waals surface area contributed by atoms with Gasteiger partial charge in [-0.1, -0.05) is 30.3 Å². The van der Waals surface area contributed by atoms with Crippen LogP contribution in [0, 0.1) is 0 Å². The third-order valence-electron chi connectivity index (χ3n) is 4.23. The molecule has 0 aliphatic carbocycles. The summed E-state index contributed by atoms with van der Waals surface area (Å²) in [4.78, 5) is 20.3. The first-order chi connectivity index (χ1) is 13.5. The van der Waals surface area contributed by atoms with Gasteiger partial charge in [-0.2, -0.15) is 0 Å². The number of nitrogens with zero attached hydrogens (tertiary/aromatic N) is 1. The van der Waals surface area contributed by atoms with Gasteiger partial charge in [0.1, 0.15) is 5.82 Å². The summed E-state index contributed by atoms with van der Waals surface area (Å²) in [5.74, 6) is 1.62. The Morgan fingerprint density at radius 1 is 1.07 bits per heavy atom. The number of methoxy groups -OCH3 is 1. The van der Waals surface area contributed by atoms with Gasteiger partial charge in [0, 0.05) is 5.56 Å². The summed E-state index contributed by atoms with van der Waals surface area (Å²) in [6.07, 6.45) is 1.79. The van der Waals surface area contributed by atoms with E-state index in [0.29, 0.717) is 22.9 Å². The van der Waals surface area contributed by atoms with E-state index >= 15 is 0 Å². The third-order valence-corrected chi connectivity index (χ3v) is 4.23. The van der Waals surface area contributed by atoms with Crippen molar-refractivity contribution in [2.24, 2.45) is 0 Å². The van der Waals surface area contributed by atoms with E-state index in [9.17, 15) is 4.79 Å². The van der Waals surface area contributed by atoms with Crippen molar-refractivity contribution >= 4 is 5.91 Å². The van der Waals surface area contributed by atoms with Crippen LogP contribution in [0.2, 0.25) is 0 Å². The second-order valence-corrected chi connectivity index (χ2v) is 6.78. The highest BCUT2D eigenvalue weighted by Crippen LogP contribution is 2.29. The molecule has 3 rings (SSSR count). The number of imidazole rings is 1. The molecule has 0 unspecified atom stereocenters. The molecule has 3 aromatic rings. The van der Waals surface area contributed by atoms with Crippen LogP contribution in [0.4, 0.5) is 0 Å². The topological polar surface area (TPSA) is 76.2 Å². The summed E-state index contributed by atoms with van der Waals surface area (Å²) < 4.78 is 11.0. The number of amides is 1. The number of rotatable bonds is 7. The van der Waals surface area contributed by atoms with Gasteiger partial charge in [0.25, 0.3) is 5.91 Å². The lowest BCUT2D eigenvalue weighted by atomic mass is 10.1. The number of hydrogen-bond acceptors (Lipinski definition) is 4. The van der Waals surface area contributed by atoms with E-state index in [0.717, 1.165) is 11.3 Å². The van der Waals surface area contributed by atoms with Crippen molar-refractivity contribution < 1.29 is 14.3 Å². The van der Waals surface area contributed by atoms with Crippen LogP contribution in [-0.2, 0) is 0 Å². The van der Waals surface area contributed by atoms with E-state index in [1.165, 1.54) is 0 Å². The highest BCUT2D eigenvalue weighted by Gasteiger charge is 2.17. The molecule has 28 heavy (non-hydrogen) atoms. The molecule has 0 aliphatic heterocycles. The molecule has 0 fully saturated rings. The van der Waals surface area contributed by atoms with Crippen LogP contribution in [0.25, 0.3) is 11.3 Å². The molecule has 0 bridgehead atoms. The van der Waals surface area contributed by atoms with Crippen molar-refractivity contribution in [3.63, 3.8) is 0 Å². The standard InChI is InChI=1S/C22H25N3O3/c1-14(2)28-19-11-10-17(12-20(19)27-4)22(26)24-15(3)21-23-13-18(25-21)16-8-6-5-7-9-16/h5-15H,1-4H3,(H,23,25)(H,24,26)/t15-/m0/s1. The van der Waals surface area contributed by atoms with Gasteiger partial charge in [-0.05, 0) is 44.5 Å². The molecule has 0 saturated heterocycles. The Bertz CT molecular complexity index is 935. The lowest BCUT2D eigenvalue weighted by Gasteiger charge is -2.15. The lowest BCUT2D eigenvalue weighted by Crippen LogP contribution is -2.27. The van der Waals surface area contributed by atoms with E-state index in [-0.39, 0.29) is 18.1 Å². The molecule has 0 spiro atoms. The average molecular weight is 379 g/mol. The van der Waals surface area contributed by atoms with Gasteiger partial charge in [-0.15, -0.1) is 0 Å². The van der Waals surface area contributed by atoms with Crippen molar-refractivity contribution in [1.29, 1.82) is 0 Å². The number of ether oxygens (including phenoxy) is 2. The first-order valence-electron chi connectivity index (χ1n) is 9.23. The van der Waals surface area contributed by atoms with Gasteiger partial charge in [0.2, 0.25) is 0 Å². The predicted octanol–water partition coefficient (Wildman–Crippen LogP) is 4.36. The normalized spacial score (nSPS) is 11.9. The second kappa shape index (κ2) is 8.61. The molecule has 2 aromatic carbocycles. The van der Waals surface area contributed by atoms with Gasteiger partial charge in [-0.3, -0.25) is 4.79 Å². The minimum absolute atomic E-state index is 0.0198. The van der Waals surface area contributed by atoms with Gasteiger partial charge < -0.3 is 19.8 Å². The van der Waals surface area contributed by atoms with Gasteiger partial charge in [0.05, 0.1) is 31.1 Å². The molecule has 1 heterocycles. The Morgan fingerprint density at radius 3 is 2.50 bits per heavy atom. The Kier molecular flexibility index (Phi) is 5.99. The number of carbonyl (C=O) groups is 1. The number of nitrogens with one attached hydrogen (secondary N) is 2. The number of hydrogen-bond donors (Lipinski definition) is 2. The maximum absolute atomic E-state index is 12.7. The molecule has 0 saturated carbocycles. The third kappa shape index (κ3) is 4.52. The molecule has 0 radical (unpaired) electrons. The van der Waals surface area contributed by atoms with Crippen molar-refractivity contribution in [2.45, 2.75) is 32.9 Å². The fourth-order valence-corrected chi connectivity index (χ4v) is 2.83. The number of aromatic nitrogens is 2. The lowest BCUT2D eigenvalue weighted by molar-refractivity contribution is 0.0938. The van der Waals surface area contributed by atoms with E-state index in [4.69, 9.17) is 9.47 Å². The Hall–Kier alpha value is -3.28. The predicted molar refractivity (Wildman–Crippen MR) is 109 cm³/mol. The summed E-state index contributed by atoms with van der Waals surface area (Å²) in [6.45, 7) is 5.77. The second-order valence-electron chi connectivity index (χ2n) is 6.78. The number of aromatic amines is 1.